The molecule has 0 saturated heterocycles. The smallest absolute Gasteiger partial charge is 1.00 e. The molecule has 0 fully saturated rings. The van der Waals surface area contributed by atoms with Gasteiger partial charge in [-0.2, -0.15) is 0 Å². The number of fused-ring (bicyclic) bond motifs is 4. The van der Waals surface area contributed by atoms with Gasteiger partial charge in [-0.15, -0.1) is 0 Å². The average molecular weight is 618 g/mol. The number of rotatable bonds is 5. The molecule has 1 aliphatic carbocycles. The van der Waals surface area contributed by atoms with Gasteiger partial charge < -0.3 is 24.8 Å². The van der Waals surface area contributed by atoms with Gasteiger partial charge in [-0.25, -0.2) is 0 Å². The summed E-state index contributed by atoms with van der Waals surface area (Å²) in [5, 5.41) is 3.59. The number of allylic oxidation sites excluding steroid dienone is 1. The minimum absolute atomic E-state index is 0. The first kappa shape index (κ1) is 26.9. The van der Waals surface area contributed by atoms with Crippen molar-refractivity contribution >= 4 is 25.6 Å². The molecule has 0 nitrogen and oxygen atoms in total. The van der Waals surface area contributed by atoms with E-state index in [-0.39, 0.29) is 24.8 Å². The Morgan fingerprint density at radius 3 is 2.30 bits per heavy atom. The van der Waals surface area contributed by atoms with Crippen LogP contribution < -0.4 is 38.5 Å². The maximum Gasteiger partial charge on any atom is -1.00 e. The van der Waals surface area contributed by atoms with E-state index in [0.717, 1.165) is 6.42 Å². The average Bonchev–Trinajstić information content (AvgIpc) is 3.43. The SMILES string of the molecule is CCc1ccc2c(c1-c1ccccc1)C=C(C(C)CC)[CH]2[Zr+2]1[c]2cccc3c2[SiH]1c1ccccc1-3.[Cl-].[Cl-]. The summed E-state index contributed by atoms with van der Waals surface area (Å²) in [5.74, 6) is -0.408. The molecule has 3 unspecified atom stereocenters. The first-order chi connectivity index (χ1) is 17.2. The molecule has 0 aromatic heterocycles. The third-order valence-corrected chi connectivity index (χ3v) is 31.0. The molecule has 2 heterocycles. The Kier molecular flexibility index (Phi) is 7.60. The molecule has 4 heteroatoms. The van der Waals surface area contributed by atoms with Crippen molar-refractivity contribution in [2.45, 2.75) is 37.2 Å². The van der Waals surface area contributed by atoms with Crippen LogP contribution in [0, 0.1) is 5.92 Å². The summed E-state index contributed by atoms with van der Waals surface area (Å²) in [5.41, 5.74) is 12.5. The molecule has 37 heavy (non-hydrogen) atoms. The van der Waals surface area contributed by atoms with Crippen molar-refractivity contribution in [3.63, 3.8) is 0 Å². The minimum atomic E-state index is -1.95. The van der Waals surface area contributed by atoms with Crippen LogP contribution >= 0.6 is 0 Å². The van der Waals surface area contributed by atoms with Gasteiger partial charge in [0.15, 0.2) is 0 Å². The first-order valence-corrected chi connectivity index (χ1v) is 21.9. The van der Waals surface area contributed by atoms with Gasteiger partial charge in [0, 0.05) is 0 Å². The molecule has 3 aliphatic rings. The number of halogens is 2. The Hall–Kier alpha value is -1.70. The van der Waals surface area contributed by atoms with Crippen LogP contribution in [0.3, 0.4) is 0 Å². The molecule has 4 aromatic rings. The summed E-state index contributed by atoms with van der Waals surface area (Å²) in [6, 6.07) is 32.9. The standard InChI is InChI=1S/C21H23.C12H8Si.2ClH.Zr/c1-4-15(3)19-13-18-12-11-16(5-2)21(20(18)14-19)17-9-7-6-8-10-17;1-3-7-11-9(5-1)10-6-2-4-8-12(10)13-11;;;/h6-15H,4-5H2,1-3H3;1-7,13H;2*1H;/q;;;;+2/p-2. The molecule has 0 saturated carbocycles. The van der Waals surface area contributed by atoms with Crippen molar-refractivity contribution < 1.29 is 45.7 Å². The maximum absolute atomic E-state index is 2.67. The molecule has 7 rings (SSSR count). The van der Waals surface area contributed by atoms with Crippen molar-refractivity contribution in [1.82, 2.24) is 0 Å². The van der Waals surface area contributed by atoms with E-state index in [1.807, 2.05) is 8.46 Å². The van der Waals surface area contributed by atoms with Crippen LogP contribution in [0.15, 0.2) is 90.5 Å². The molecule has 2 aliphatic heterocycles. The van der Waals surface area contributed by atoms with Gasteiger partial charge in [0.2, 0.25) is 0 Å². The topological polar surface area (TPSA) is 0 Å². The van der Waals surface area contributed by atoms with E-state index < -0.39 is 26.8 Å². The van der Waals surface area contributed by atoms with Crippen LogP contribution in [0.4, 0.5) is 0 Å². The van der Waals surface area contributed by atoms with Gasteiger partial charge in [0.25, 0.3) is 0 Å². The fourth-order valence-electron chi connectivity index (χ4n) is 7.00. The van der Waals surface area contributed by atoms with E-state index in [0.29, 0.717) is 9.54 Å². The van der Waals surface area contributed by atoms with E-state index in [2.05, 4.69) is 112 Å². The Morgan fingerprint density at radius 1 is 0.811 bits per heavy atom. The van der Waals surface area contributed by atoms with E-state index >= 15 is 0 Å². The van der Waals surface area contributed by atoms with Crippen LogP contribution in [0.2, 0.25) is 0 Å². The minimum Gasteiger partial charge on any atom is -1.00 e. The van der Waals surface area contributed by atoms with Gasteiger partial charge in [-0.05, 0) is 0 Å². The predicted octanol–water partition coefficient (Wildman–Crippen LogP) is 0.184. The molecule has 0 N–H and O–H groups in total. The van der Waals surface area contributed by atoms with E-state index in [9.17, 15) is 0 Å². The Balaban J connectivity index is 0.00000140. The quantitative estimate of drug-likeness (QED) is 0.281. The second-order valence-corrected chi connectivity index (χ2v) is 25.4. The fourth-order valence-corrected chi connectivity index (χ4v) is 33.3. The van der Waals surface area contributed by atoms with Crippen LogP contribution in [-0.4, -0.2) is 5.92 Å². The second-order valence-electron chi connectivity index (χ2n) is 10.5. The van der Waals surface area contributed by atoms with Crippen LogP contribution in [0.1, 0.15) is 47.5 Å². The third-order valence-electron chi connectivity index (χ3n) is 8.84. The number of hydrogen-bond acceptors (Lipinski definition) is 0. The van der Waals surface area contributed by atoms with Crippen molar-refractivity contribution in [3.8, 4) is 22.3 Å². The van der Waals surface area contributed by atoms with Gasteiger partial charge in [-0.3, -0.25) is 0 Å². The zero-order valence-corrected chi connectivity index (χ0v) is 26.7. The van der Waals surface area contributed by atoms with E-state index in [4.69, 9.17) is 0 Å². The molecule has 0 spiro atoms. The molecule has 0 radical (unpaired) electrons. The van der Waals surface area contributed by atoms with Gasteiger partial charge in [0.1, 0.15) is 0 Å². The third kappa shape index (κ3) is 3.86. The molecule has 4 aromatic carbocycles. The van der Waals surface area contributed by atoms with Gasteiger partial charge in [-0.1, -0.05) is 0 Å². The normalized spacial score (nSPS) is 18.5. The molecule has 185 valence electrons. The zero-order chi connectivity index (χ0) is 23.7. The molecule has 0 amide bonds. The fraction of sp³-hybridized carbons (Fsp3) is 0.212. The molecular formula is C33H31Cl2SiZr. The largest absolute Gasteiger partial charge is 1.00 e. The van der Waals surface area contributed by atoms with Gasteiger partial charge >= 0.3 is 219 Å². The Labute approximate surface area is 242 Å². The maximum atomic E-state index is 2.67. The number of benzene rings is 4. The van der Waals surface area contributed by atoms with Crippen molar-refractivity contribution in [2.75, 3.05) is 0 Å². The first-order valence-electron chi connectivity index (χ1n) is 13.2. The summed E-state index contributed by atoms with van der Waals surface area (Å²) in [7, 11) is 0. The Morgan fingerprint density at radius 2 is 1.54 bits per heavy atom. The number of aryl methyl sites for hydroxylation is 1. The summed E-state index contributed by atoms with van der Waals surface area (Å²) >= 11 is -1.95. The second kappa shape index (κ2) is 10.5. The summed E-state index contributed by atoms with van der Waals surface area (Å²) in [6.07, 6.45) is 4.97. The van der Waals surface area contributed by atoms with Crippen molar-refractivity contribution in [3.05, 3.63) is 107 Å². The monoisotopic (exact) mass is 615 g/mol. The van der Waals surface area contributed by atoms with Crippen LogP contribution in [-0.2, 0) is 27.3 Å². The van der Waals surface area contributed by atoms with E-state index in [1.165, 1.54) is 23.1 Å². The van der Waals surface area contributed by atoms with Crippen LogP contribution in [0.5, 0.6) is 0 Å². The number of hydrogen-bond donors (Lipinski definition) is 0. The molecule has 0 bridgehead atoms. The van der Waals surface area contributed by atoms with Crippen LogP contribution in [0.25, 0.3) is 28.3 Å². The van der Waals surface area contributed by atoms with Gasteiger partial charge in [0.05, 0.1) is 0 Å². The summed E-state index contributed by atoms with van der Waals surface area (Å²) in [6.45, 7) is 7.17. The predicted molar refractivity (Wildman–Crippen MR) is 149 cm³/mol. The zero-order valence-electron chi connectivity index (χ0n) is 21.6. The van der Waals surface area contributed by atoms with E-state index in [1.54, 1.807) is 33.0 Å². The van der Waals surface area contributed by atoms with Crippen molar-refractivity contribution in [2.24, 2.45) is 5.92 Å². The summed E-state index contributed by atoms with van der Waals surface area (Å²) in [4.78, 5) is 0. The Bertz CT molecular complexity index is 1510. The summed E-state index contributed by atoms with van der Waals surface area (Å²) < 4.78 is 2.55. The molecule has 3 atom stereocenters. The molecular weight excluding hydrogens is 587 g/mol. The van der Waals surface area contributed by atoms with Crippen molar-refractivity contribution in [1.29, 1.82) is 0 Å².